The van der Waals surface area contributed by atoms with Gasteiger partial charge in [0.1, 0.15) is 5.75 Å². The molecule has 0 unspecified atom stereocenters. The molecule has 0 aromatic heterocycles. The first-order valence-electron chi connectivity index (χ1n) is 3.72. The van der Waals surface area contributed by atoms with E-state index >= 15 is 0 Å². The van der Waals surface area contributed by atoms with Crippen LogP contribution in [0.5, 0.6) is 5.75 Å². The highest BCUT2D eigenvalue weighted by atomic mass is 35.5. The van der Waals surface area contributed by atoms with Crippen LogP contribution in [0.3, 0.4) is 0 Å². The van der Waals surface area contributed by atoms with Gasteiger partial charge >= 0.3 is 5.97 Å². The van der Waals surface area contributed by atoms with Crippen LogP contribution in [0.1, 0.15) is 5.56 Å². The zero-order valence-electron chi connectivity index (χ0n) is 7.37. The number of phenols is 1. The first kappa shape index (κ1) is 10.4. The number of rotatable bonds is 0. The van der Waals surface area contributed by atoms with E-state index in [1.54, 1.807) is 6.07 Å². The SMILES string of the molecule is COC(=O)C#Cc1ccc(Cl)cc1O. The molecule has 0 saturated heterocycles. The van der Waals surface area contributed by atoms with Crippen LogP contribution >= 0.6 is 11.6 Å². The Morgan fingerprint density at radius 2 is 2.29 bits per heavy atom. The number of methoxy groups -OCH3 is 1. The second-order valence-electron chi connectivity index (χ2n) is 2.40. The zero-order valence-corrected chi connectivity index (χ0v) is 8.13. The molecule has 3 nitrogen and oxygen atoms in total. The third-order valence-electron chi connectivity index (χ3n) is 1.44. The van der Waals surface area contributed by atoms with E-state index in [2.05, 4.69) is 16.6 Å². The Balaban J connectivity index is 2.96. The first-order chi connectivity index (χ1) is 6.63. The summed E-state index contributed by atoms with van der Waals surface area (Å²) in [5.41, 5.74) is 0.333. The molecule has 0 radical (unpaired) electrons. The van der Waals surface area contributed by atoms with Crippen molar-refractivity contribution in [2.75, 3.05) is 7.11 Å². The van der Waals surface area contributed by atoms with Gasteiger partial charge in [-0.3, -0.25) is 0 Å². The number of aromatic hydroxyl groups is 1. The molecule has 14 heavy (non-hydrogen) atoms. The van der Waals surface area contributed by atoms with Gasteiger partial charge in [-0.1, -0.05) is 17.5 Å². The molecule has 0 fully saturated rings. The summed E-state index contributed by atoms with van der Waals surface area (Å²) in [7, 11) is 1.23. The molecule has 72 valence electrons. The maximum atomic E-state index is 10.7. The second-order valence-corrected chi connectivity index (χ2v) is 2.84. The fourth-order valence-corrected chi connectivity index (χ4v) is 0.946. The van der Waals surface area contributed by atoms with E-state index in [-0.39, 0.29) is 5.75 Å². The van der Waals surface area contributed by atoms with Crippen molar-refractivity contribution >= 4 is 17.6 Å². The summed E-state index contributed by atoms with van der Waals surface area (Å²) >= 11 is 5.61. The second kappa shape index (κ2) is 4.54. The van der Waals surface area contributed by atoms with Gasteiger partial charge in [-0.15, -0.1) is 0 Å². The van der Waals surface area contributed by atoms with Crippen molar-refractivity contribution < 1.29 is 14.6 Å². The van der Waals surface area contributed by atoms with Crippen molar-refractivity contribution in [3.63, 3.8) is 0 Å². The molecule has 0 heterocycles. The van der Waals surface area contributed by atoms with Crippen molar-refractivity contribution in [2.45, 2.75) is 0 Å². The largest absolute Gasteiger partial charge is 0.507 e. The van der Waals surface area contributed by atoms with Crippen LogP contribution in [0.4, 0.5) is 0 Å². The van der Waals surface area contributed by atoms with Gasteiger partial charge in [0.25, 0.3) is 0 Å². The number of hydrogen-bond donors (Lipinski definition) is 1. The number of carbonyl (C=O) groups excluding carboxylic acids is 1. The average Bonchev–Trinajstić information content (AvgIpc) is 2.16. The van der Waals surface area contributed by atoms with Gasteiger partial charge in [-0.2, -0.15) is 0 Å². The normalized spacial score (nSPS) is 8.71. The van der Waals surface area contributed by atoms with Gasteiger partial charge in [-0.05, 0) is 18.2 Å². The van der Waals surface area contributed by atoms with Crippen molar-refractivity contribution in [3.8, 4) is 17.6 Å². The van der Waals surface area contributed by atoms with Gasteiger partial charge in [0.2, 0.25) is 0 Å². The lowest BCUT2D eigenvalue weighted by Gasteiger charge is -1.95. The fourth-order valence-electron chi connectivity index (χ4n) is 0.780. The Morgan fingerprint density at radius 3 is 2.86 bits per heavy atom. The average molecular weight is 211 g/mol. The molecule has 0 saturated carbocycles. The number of carbonyl (C=O) groups is 1. The molecule has 0 aliphatic heterocycles. The summed E-state index contributed by atoms with van der Waals surface area (Å²) < 4.78 is 4.32. The Kier molecular flexibility index (Phi) is 3.38. The van der Waals surface area contributed by atoms with E-state index in [4.69, 9.17) is 11.6 Å². The number of ether oxygens (including phenoxy) is 1. The molecule has 0 spiro atoms. The molecule has 0 aliphatic carbocycles. The molecule has 0 aliphatic rings. The monoisotopic (exact) mass is 210 g/mol. The Hall–Kier alpha value is -1.66. The maximum Gasteiger partial charge on any atom is 0.384 e. The summed E-state index contributed by atoms with van der Waals surface area (Å²) in [5.74, 6) is 3.94. The predicted octanol–water partition coefficient (Wildman–Crippen LogP) is 1.57. The van der Waals surface area contributed by atoms with Gasteiger partial charge < -0.3 is 9.84 Å². The highest BCUT2D eigenvalue weighted by molar-refractivity contribution is 6.30. The highest BCUT2D eigenvalue weighted by Crippen LogP contribution is 2.20. The van der Waals surface area contributed by atoms with Crippen molar-refractivity contribution in [1.82, 2.24) is 0 Å². The quantitative estimate of drug-likeness (QED) is 0.522. The van der Waals surface area contributed by atoms with Crippen molar-refractivity contribution in [2.24, 2.45) is 0 Å². The Labute approximate surface area is 86.3 Å². The molecule has 4 heteroatoms. The van der Waals surface area contributed by atoms with Crippen molar-refractivity contribution in [1.29, 1.82) is 0 Å². The molecule has 0 atom stereocenters. The summed E-state index contributed by atoms with van der Waals surface area (Å²) in [6.07, 6.45) is 0. The van der Waals surface area contributed by atoms with E-state index in [0.717, 1.165) is 0 Å². The standard InChI is InChI=1S/C10H7ClO3/c1-14-10(13)5-3-7-2-4-8(11)6-9(7)12/h2,4,6,12H,1H3. The van der Waals surface area contributed by atoms with Crippen LogP contribution in [0.2, 0.25) is 5.02 Å². The molecular formula is C10H7ClO3. The summed E-state index contributed by atoms with van der Waals surface area (Å²) in [6.45, 7) is 0. The number of halogens is 1. The number of benzene rings is 1. The highest BCUT2D eigenvalue weighted by Gasteiger charge is 1.98. The molecule has 1 N–H and O–H groups in total. The van der Waals surface area contributed by atoms with Gasteiger partial charge in [0, 0.05) is 10.9 Å². The van der Waals surface area contributed by atoms with Gasteiger partial charge in [0.15, 0.2) is 0 Å². The molecule has 1 aromatic rings. The maximum absolute atomic E-state index is 10.7. The van der Waals surface area contributed by atoms with Crippen LogP contribution in [0.15, 0.2) is 18.2 Å². The van der Waals surface area contributed by atoms with E-state index in [0.29, 0.717) is 10.6 Å². The van der Waals surface area contributed by atoms with Crippen LogP contribution in [-0.2, 0) is 9.53 Å². The van der Waals surface area contributed by atoms with Crippen LogP contribution in [0, 0.1) is 11.8 Å². The minimum atomic E-state index is -0.653. The summed E-state index contributed by atoms with van der Waals surface area (Å²) in [5, 5.41) is 9.75. The van der Waals surface area contributed by atoms with Gasteiger partial charge in [-0.25, -0.2) is 4.79 Å². The molecule has 1 aromatic carbocycles. The van der Waals surface area contributed by atoms with E-state index in [1.165, 1.54) is 19.2 Å². The van der Waals surface area contributed by atoms with Crippen LogP contribution in [0.25, 0.3) is 0 Å². The lowest BCUT2D eigenvalue weighted by molar-refractivity contribution is -0.133. The minimum absolute atomic E-state index is 0.0612. The lowest BCUT2D eigenvalue weighted by atomic mass is 10.2. The number of esters is 1. The molecule has 0 bridgehead atoms. The topological polar surface area (TPSA) is 46.5 Å². The predicted molar refractivity (Wildman–Crippen MR) is 52.0 cm³/mol. The Morgan fingerprint density at radius 1 is 1.57 bits per heavy atom. The third kappa shape index (κ3) is 2.68. The summed E-state index contributed by atoms with van der Waals surface area (Å²) in [4.78, 5) is 10.7. The summed E-state index contributed by atoms with van der Waals surface area (Å²) in [6, 6.07) is 4.44. The first-order valence-corrected chi connectivity index (χ1v) is 4.10. The van der Waals surface area contributed by atoms with Crippen LogP contribution in [-0.4, -0.2) is 18.2 Å². The smallest absolute Gasteiger partial charge is 0.384 e. The fraction of sp³-hybridized carbons (Fsp3) is 0.100. The van der Waals surface area contributed by atoms with E-state index < -0.39 is 5.97 Å². The third-order valence-corrected chi connectivity index (χ3v) is 1.68. The van der Waals surface area contributed by atoms with Crippen molar-refractivity contribution in [3.05, 3.63) is 28.8 Å². The number of hydrogen-bond acceptors (Lipinski definition) is 3. The molecule has 0 amide bonds. The minimum Gasteiger partial charge on any atom is -0.507 e. The Bertz CT molecular complexity index is 415. The zero-order chi connectivity index (χ0) is 10.6. The van der Waals surface area contributed by atoms with Crippen LogP contribution < -0.4 is 0 Å². The molecule has 1 rings (SSSR count). The van der Waals surface area contributed by atoms with E-state index in [1.807, 2.05) is 0 Å². The van der Waals surface area contributed by atoms with E-state index in [9.17, 15) is 9.90 Å². The lowest BCUT2D eigenvalue weighted by Crippen LogP contribution is -1.94. The number of phenolic OH excluding ortho intramolecular Hbond substituents is 1. The molecular weight excluding hydrogens is 204 g/mol. The van der Waals surface area contributed by atoms with Gasteiger partial charge in [0.05, 0.1) is 12.7 Å².